The van der Waals surface area contributed by atoms with Crippen molar-refractivity contribution in [1.82, 2.24) is 4.90 Å². The van der Waals surface area contributed by atoms with Crippen molar-refractivity contribution in [3.8, 4) is 5.75 Å². The van der Waals surface area contributed by atoms with E-state index in [0.29, 0.717) is 24.4 Å². The Hall–Kier alpha value is -3.64. The van der Waals surface area contributed by atoms with Crippen molar-refractivity contribution in [1.29, 1.82) is 0 Å². The number of carbonyl (C=O) groups is 2. The second-order valence-electron chi connectivity index (χ2n) is 9.75. The first kappa shape index (κ1) is 24.5. The van der Waals surface area contributed by atoms with Crippen LogP contribution in [0.25, 0.3) is 0 Å². The summed E-state index contributed by atoms with van der Waals surface area (Å²) in [5.74, 6) is 0.194. The predicted molar refractivity (Wildman–Crippen MR) is 137 cm³/mol. The van der Waals surface area contributed by atoms with Crippen molar-refractivity contribution in [3.63, 3.8) is 0 Å². The van der Waals surface area contributed by atoms with E-state index < -0.39 is 6.10 Å². The van der Waals surface area contributed by atoms with Crippen LogP contribution in [0.5, 0.6) is 5.75 Å². The first-order valence-corrected chi connectivity index (χ1v) is 11.9. The molecular weight excluding hydrogens is 440 g/mol. The largest absolute Gasteiger partial charge is 0.489 e. The molecule has 6 heteroatoms. The molecule has 3 aromatic carbocycles. The minimum atomic E-state index is -0.522. The van der Waals surface area contributed by atoms with Gasteiger partial charge >= 0.3 is 5.97 Å². The van der Waals surface area contributed by atoms with Crippen LogP contribution in [-0.2, 0) is 22.5 Å². The lowest BCUT2D eigenvalue weighted by Crippen LogP contribution is -2.47. The summed E-state index contributed by atoms with van der Waals surface area (Å²) >= 11 is 0. The molecular formula is C29H32N2O4. The van der Waals surface area contributed by atoms with Crippen molar-refractivity contribution in [2.24, 2.45) is 0 Å². The first-order valence-electron chi connectivity index (χ1n) is 11.9. The lowest BCUT2D eigenvalue weighted by atomic mass is 10.0. The maximum atomic E-state index is 12.9. The summed E-state index contributed by atoms with van der Waals surface area (Å²) in [7, 11) is 0. The Morgan fingerprint density at radius 3 is 2.34 bits per heavy atom. The summed E-state index contributed by atoms with van der Waals surface area (Å²) in [5.41, 5.74) is 3.12. The molecule has 1 heterocycles. The van der Waals surface area contributed by atoms with Gasteiger partial charge in [0.05, 0.1) is 12.0 Å². The van der Waals surface area contributed by atoms with Gasteiger partial charge in [-0.05, 0) is 50.6 Å². The Labute approximate surface area is 206 Å². The van der Waals surface area contributed by atoms with Gasteiger partial charge in [-0.2, -0.15) is 0 Å². The van der Waals surface area contributed by atoms with Gasteiger partial charge in [-0.15, -0.1) is 0 Å². The van der Waals surface area contributed by atoms with E-state index in [0.717, 1.165) is 11.3 Å². The van der Waals surface area contributed by atoms with Gasteiger partial charge < -0.3 is 14.8 Å². The van der Waals surface area contributed by atoms with Gasteiger partial charge in [0.2, 0.25) is 5.91 Å². The highest BCUT2D eigenvalue weighted by Crippen LogP contribution is 2.31. The fourth-order valence-corrected chi connectivity index (χ4v) is 4.08. The molecule has 0 bridgehead atoms. The zero-order chi connectivity index (χ0) is 24.8. The van der Waals surface area contributed by atoms with E-state index in [9.17, 15) is 9.59 Å². The van der Waals surface area contributed by atoms with Crippen LogP contribution in [0, 0.1) is 0 Å². The van der Waals surface area contributed by atoms with Crippen LogP contribution >= 0.6 is 0 Å². The Morgan fingerprint density at radius 1 is 0.971 bits per heavy atom. The van der Waals surface area contributed by atoms with E-state index in [2.05, 4.69) is 43.1 Å². The predicted octanol–water partition coefficient (Wildman–Crippen LogP) is 5.09. The monoisotopic (exact) mass is 472 g/mol. The van der Waals surface area contributed by atoms with Gasteiger partial charge in [-0.3, -0.25) is 9.69 Å². The average Bonchev–Trinajstić information content (AvgIpc) is 3.23. The zero-order valence-electron chi connectivity index (χ0n) is 20.5. The fourth-order valence-electron chi connectivity index (χ4n) is 4.08. The number of esters is 1. The molecule has 0 saturated carbocycles. The molecule has 0 saturated heterocycles. The second kappa shape index (κ2) is 10.7. The summed E-state index contributed by atoms with van der Waals surface area (Å²) in [6.45, 7) is 7.81. The first-order chi connectivity index (χ1) is 16.8. The quantitative estimate of drug-likeness (QED) is 0.440. The molecule has 4 rings (SSSR count). The standard InChI is InChI=1S/C29H32N2O4/c1-29(2,3)31(18-21-11-6-4-7-12-21)19-23(35-28(33)22-13-8-5-9-14-22)20-34-26-16-10-15-25-24(26)17-27(32)30-25/h4-16,23H,17-20H2,1-3H3,(H,30,32). The van der Waals surface area contributed by atoms with Crippen LogP contribution in [0.15, 0.2) is 78.9 Å². The third-order valence-electron chi connectivity index (χ3n) is 6.04. The van der Waals surface area contributed by atoms with Gasteiger partial charge in [0.25, 0.3) is 0 Å². The highest BCUT2D eigenvalue weighted by atomic mass is 16.6. The van der Waals surface area contributed by atoms with Gasteiger partial charge in [0, 0.05) is 29.9 Å². The average molecular weight is 473 g/mol. The smallest absolute Gasteiger partial charge is 0.338 e. The van der Waals surface area contributed by atoms with E-state index in [1.807, 2.05) is 54.6 Å². The normalized spacial score (nSPS) is 13.8. The summed E-state index contributed by atoms with van der Waals surface area (Å²) in [6.07, 6.45) is -0.242. The summed E-state index contributed by atoms with van der Waals surface area (Å²) < 4.78 is 12.1. The van der Waals surface area contributed by atoms with E-state index in [4.69, 9.17) is 9.47 Å². The molecule has 182 valence electrons. The highest BCUT2D eigenvalue weighted by molar-refractivity contribution is 6.00. The molecule has 1 atom stereocenters. The Morgan fingerprint density at radius 2 is 1.66 bits per heavy atom. The maximum Gasteiger partial charge on any atom is 0.338 e. The third kappa shape index (κ3) is 6.49. The van der Waals surface area contributed by atoms with E-state index in [-0.39, 0.29) is 30.4 Å². The topological polar surface area (TPSA) is 67.9 Å². The van der Waals surface area contributed by atoms with Gasteiger partial charge in [0.15, 0.2) is 0 Å². The SMILES string of the molecule is CC(C)(C)N(Cc1ccccc1)CC(COc1cccc2c1CC(=O)N2)OC(=O)c1ccccc1. The number of nitrogens with zero attached hydrogens (tertiary/aromatic N) is 1. The molecule has 0 spiro atoms. The number of hydrogen-bond donors (Lipinski definition) is 1. The number of rotatable bonds is 9. The molecule has 35 heavy (non-hydrogen) atoms. The van der Waals surface area contributed by atoms with Crippen LogP contribution in [0.4, 0.5) is 5.69 Å². The summed E-state index contributed by atoms with van der Waals surface area (Å²) in [5, 5.41) is 2.85. The molecule has 1 unspecified atom stereocenters. The Bertz CT molecular complexity index is 1160. The van der Waals surface area contributed by atoms with Crippen molar-refractivity contribution in [2.75, 3.05) is 18.5 Å². The molecule has 3 aromatic rings. The number of carbonyl (C=O) groups excluding carboxylic acids is 2. The van der Waals surface area contributed by atoms with Crippen molar-refractivity contribution in [2.45, 2.75) is 45.4 Å². The number of amides is 1. The number of ether oxygens (including phenoxy) is 2. The number of benzene rings is 3. The van der Waals surface area contributed by atoms with E-state index in [1.165, 1.54) is 5.56 Å². The van der Waals surface area contributed by atoms with Crippen LogP contribution in [0.2, 0.25) is 0 Å². The minimum Gasteiger partial charge on any atom is -0.489 e. The Balaban J connectivity index is 1.54. The van der Waals surface area contributed by atoms with Crippen LogP contribution in [-0.4, -0.2) is 41.6 Å². The van der Waals surface area contributed by atoms with Crippen molar-refractivity contribution in [3.05, 3.63) is 95.6 Å². The molecule has 1 aliphatic heterocycles. The molecule has 6 nitrogen and oxygen atoms in total. The molecule has 1 aliphatic rings. The minimum absolute atomic E-state index is 0.0510. The van der Waals surface area contributed by atoms with Crippen molar-refractivity contribution >= 4 is 17.6 Å². The van der Waals surface area contributed by atoms with Gasteiger partial charge in [-0.1, -0.05) is 54.6 Å². The van der Waals surface area contributed by atoms with E-state index in [1.54, 1.807) is 12.1 Å². The summed E-state index contributed by atoms with van der Waals surface area (Å²) in [6, 6.07) is 24.8. The van der Waals surface area contributed by atoms with Crippen LogP contribution < -0.4 is 10.1 Å². The van der Waals surface area contributed by atoms with Crippen LogP contribution in [0.3, 0.4) is 0 Å². The molecule has 0 aliphatic carbocycles. The highest BCUT2D eigenvalue weighted by Gasteiger charge is 2.28. The van der Waals surface area contributed by atoms with E-state index >= 15 is 0 Å². The fraction of sp³-hybridized carbons (Fsp3) is 0.310. The molecule has 1 amide bonds. The maximum absolute atomic E-state index is 12.9. The summed E-state index contributed by atoms with van der Waals surface area (Å²) in [4.78, 5) is 27.1. The molecule has 0 aromatic heterocycles. The zero-order valence-corrected chi connectivity index (χ0v) is 20.5. The number of nitrogens with one attached hydrogen (secondary N) is 1. The second-order valence-corrected chi connectivity index (χ2v) is 9.75. The molecule has 0 fully saturated rings. The number of anilines is 1. The lowest BCUT2D eigenvalue weighted by Gasteiger charge is -2.38. The van der Waals surface area contributed by atoms with Crippen LogP contribution in [0.1, 0.15) is 42.3 Å². The third-order valence-corrected chi connectivity index (χ3v) is 6.04. The lowest BCUT2D eigenvalue weighted by molar-refractivity contribution is -0.115. The number of hydrogen-bond acceptors (Lipinski definition) is 5. The van der Waals surface area contributed by atoms with Crippen molar-refractivity contribution < 1.29 is 19.1 Å². The molecule has 0 radical (unpaired) electrons. The van der Waals surface area contributed by atoms with Gasteiger partial charge in [-0.25, -0.2) is 4.79 Å². The van der Waals surface area contributed by atoms with Gasteiger partial charge in [0.1, 0.15) is 18.5 Å². The number of fused-ring (bicyclic) bond motifs is 1. The Kier molecular flexibility index (Phi) is 7.51. The molecule has 1 N–H and O–H groups in total.